The first kappa shape index (κ1) is 12.8. The van der Waals surface area contributed by atoms with Gasteiger partial charge in [0.15, 0.2) is 0 Å². The summed E-state index contributed by atoms with van der Waals surface area (Å²) < 4.78 is 8.68. The molecule has 0 radical (unpaired) electrons. The largest absolute Gasteiger partial charge is 0.455 e. The summed E-state index contributed by atoms with van der Waals surface area (Å²) in [6, 6.07) is 25.8. The molecule has 0 aliphatic carbocycles. The molecule has 3 heterocycles. The molecular weight excluding hydrogens is 318 g/mol. The Morgan fingerprint density at radius 2 is 1.50 bits per heavy atom. The van der Waals surface area contributed by atoms with Crippen LogP contribution in [-0.4, -0.2) is 4.40 Å². The predicted molar refractivity (Wildman–Crippen MR) is 108 cm³/mol. The fourth-order valence-electron chi connectivity index (χ4n) is 4.64. The van der Waals surface area contributed by atoms with E-state index >= 15 is 0 Å². The monoisotopic (exact) mass is 331 g/mol. The molecule has 0 atom stereocenters. The zero-order chi connectivity index (χ0) is 16.8. The lowest BCUT2D eigenvalue weighted by molar-refractivity contribution is 0.673. The maximum Gasteiger partial charge on any atom is 0.145 e. The normalized spacial score (nSPS) is 12.6. The van der Waals surface area contributed by atoms with Gasteiger partial charge in [0.25, 0.3) is 0 Å². The van der Waals surface area contributed by atoms with Crippen molar-refractivity contribution in [2.24, 2.45) is 0 Å². The van der Waals surface area contributed by atoms with Gasteiger partial charge in [-0.15, -0.1) is 0 Å². The van der Waals surface area contributed by atoms with Crippen LogP contribution in [0.1, 0.15) is 0 Å². The molecule has 0 fully saturated rings. The molecule has 0 amide bonds. The van der Waals surface area contributed by atoms with Crippen LogP contribution in [0.5, 0.6) is 0 Å². The summed E-state index contributed by atoms with van der Waals surface area (Å²) >= 11 is 0. The summed E-state index contributed by atoms with van der Waals surface area (Å²) in [5.41, 5.74) is 4.44. The summed E-state index contributed by atoms with van der Waals surface area (Å²) in [5, 5.41) is 8.70. The SMILES string of the molecule is c1ccc2c(c1)ccc1c2c2c3oc4ccccc4c3cc3ccn1c32. The Balaban J connectivity index is 1.92. The second kappa shape index (κ2) is 4.17. The molecule has 0 bridgehead atoms. The van der Waals surface area contributed by atoms with E-state index in [4.69, 9.17) is 4.42 Å². The average Bonchev–Trinajstić information content (AvgIpc) is 3.36. The highest BCUT2D eigenvalue weighted by Gasteiger charge is 2.20. The highest BCUT2D eigenvalue weighted by molar-refractivity contribution is 6.32. The fourth-order valence-corrected chi connectivity index (χ4v) is 4.64. The van der Waals surface area contributed by atoms with E-state index < -0.39 is 0 Å². The van der Waals surface area contributed by atoms with Crippen LogP contribution < -0.4 is 0 Å². The van der Waals surface area contributed by atoms with Crippen molar-refractivity contribution in [3.05, 3.63) is 79.0 Å². The molecule has 0 saturated heterocycles. The lowest BCUT2D eigenvalue weighted by Gasteiger charge is -2.01. The lowest BCUT2D eigenvalue weighted by Crippen LogP contribution is -1.77. The Kier molecular flexibility index (Phi) is 2.05. The third kappa shape index (κ3) is 1.33. The lowest BCUT2D eigenvalue weighted by atomic mass is 10.0. The van der Waals surface area contributed by atoms with E-state index in [1.807, 2.05) is 6.07 Å². The van der Waals surface area contributed by atoms with Gasteiger partial charge < -0.3 is 8.82 Å². The maximum absolute atomic E-state index is 6.38. The number of aromatic nitrogens is 1. The fraction of sp³-hybridized carbons (Fsp3) is 0. The van der Waals surface area contributed by atoms with Crippen molar-refractivity contribution < 1.29 is 4.42 Å². The van der Waals surface area contributed by atoms with E-state index in [-0.39, 0.29) is 0 Å². The van der Waals surface area contributed by atoms with Gasteiger partial charge in [-0.25, -0.2) is 0 Å². The molecule has 0 saturated carbocycles. The maximum atomic E-state index is 6.38. The third-order valence-corrected chi connectivity index (χ3v) is 5.73. The van der Waals surface area contributed by atoms with E-state index in [9.17, 15) is 0 Å². The summed E-state index contributed by atoms with van der Waals surface area (Å²) in [6.07, 6.45) is 2.18. The minimum Gasteiger partial charge on any atom is -0.455 e. The van der Waals surface area contributed by atoms with Crippen LogP contribution >= 0.6 is 0 Å². The van der Waals surface area contributed by atoms with E-state index in [1.165, 1.54) is 48.7 Å². The number of rotatable bonds is 0. The van der Waals surface area contributed by atoms with E-state index in [0.717, 1.165) is 11.2 Å². The smallest absolute Gasteiger partial charge is 0.145 e. The van der Waals surface area contributed by atoms with Gasteiger partial charge in [-0.1, -0.05) is 48.5 Å². The first-order chi connectivity index (χ1) is 12.9. The first-order valence-electron chi connectivity index (χ1n) is 8.88. The third-order valence-electron chi connectivity index (χ3n) is 5.73. The van der Waals surface area contributed by atoms with E-state index in [1.54, 1.807) is 0 Å². The molecule has 0 unspecified atom stereocenters. The van der Waals surface area contributed by atoms with Crippen LogP contribution in [-0.2, 0) is 0 Å². The van der Waals surface area contributed by atoms with Crippen molar-refractivity contribution in [2.45, 2.75) is 0 Å². The number of para-hydroxylation sites is 1. The van der Waals surface area contributed by atoms with Crippen LogP contribution in [0.15, 0.2) is 83.4 Å². The second-order valence-corrected chi connectivity index (χ2v) is 7.03. The molecule has 2 nitrogen and oxygen atoms in total. The van der Waals surface area contributed by atoms with Crippen LogP contribution in [0.4, 0.5) is 0 Å². The van der Waals surface area contributed by atoms with Crippen molar-refractivity contribution in [3.63, 3.8) is 0 Å². The van der Waals surface area contributed by atoms with Gasteiger partial charge in [-0.05, 0) is 35.0 Å². The van der Waals surface area contributed by atoms with Crippen molar-refractivity contribution in [1.29, 1.82) is 0 Å². The molecule has 0 spiro atoms. The van der Waals surface area contributed by atoms with Gasteiger partial charge in [-0.2, -0.15) is 0 Å². The number of benzene rings is 4. The highest BCUT2D eigenvalue weighted by Crippen LogP contribution is 2.43. The Hall–Kier alpha value is -3.52. The zero-order valence-corrected chi connectivity index (χ0v) is 13.9. The highest BCUT2D eigenvalue weighted by atomic mass is 16.3. The zero-order valence-electron chi connectivity index (χ0n) is 13.9. The van der Waals surface area contributed by atoms with Crippen LogP contribution in [0.3, 0.4) is 0 Å². The van der Waals surface area contributed by atoms with Crippen LogP contribution in [0.2, 0.25) is 0 Å². The molecule has 7 rings (SSSR count). The molecule has 0 aliphatic rings. The molecule has 4 aromatic carbocycles. The van der Waals surface area contributed by atoms with Gasteiger partial charge in [-0.3, -0.25) is 0 Å². The molecule has 7 aromatic rings. The summed E-state index contributed by atoms with van der Waals surface area (Å²) in [6.45, 7) is 0. The summed E-state index contributed by atoms with van der Waals surface area (Å²) in [4.78, 5) is 0. The summed E-state index contributed by atoms with van der Waals surface area (Å²) in [5.74, 6) is 0. The van der Waals surface area contributed by atoms with Crippen molar-refractivity contribution in [3.8, 4) is 0 Å². The molecule has 0 aliphatic heterocycles. The minimum atomic E-state index is 0.951. The molecule has 3 aromatic heterocycles. The number of hydrogen-bond donors (Lipinski definition) is 0. The van der Waals surface area contributed by atoms with E-state index in [0.29, 0.717) is 0 Å². The molecule has 120 valence electrons. The second-order valence-electron chi connectivity index (χ2n) is 7.03. The number of hydrogen-bond acceptors (Lipinski definition) is 1. The Morgan fingerprint density at radius 3 is 2.46 bits per heavy atom. The molecule has 2 heteroatoms. The van der Waals surface area contributed by atoms with Gasteiger partial charge in [0, 0.05) is 27.7 Å². The molecule has 0 N–H and O–H groups in total. The first-order valence-corrected chi connectivity index (χ1v) is 8.88. The molecule has 26 heavy (non-hydrogen) atoms. The van der Waals surface area contributed by atoms with Gasteiger partial charge in [0.05, 0.1) is 16.4 Å². The van der Waals surface area contributed by atoms with Gasteiger partial charge in [0.2, 0.25) is 0 Å². The van der Waals surface area contributed by atoms with Crippen LogP contribution in [0.25, 0.3) is 59.9 Å². The van der Waals surface area contributed by atoms with Gasteiger partial charge in [0.1, 0.15) is 11.2 Å². The topological polar surface area (TPSA) is 17.6 Å². The number of fused-ring (bicyclic) bond motifs is 9. The Morgan fingerprint density at radius 1 is 0.654 bits per heavy atom. The Labute approximate surface area is 148 Å². The quantitative estimate of drug-likeness (QED) is 0.301. The van der Waals surface area contributed by atoms with Crippen LogP contribution in [0, 0.1) is 0 Å². The molecular formula is C24H13NO. The van der Waals surface area contributed by atoms with Crippen molar-refractivity contribution in [1.82, 2.24) is 4.40 Å². The summed E-state index contributed by atoms with van der Waals surface area (Å²) in [7, 11) is 0. The van der Waals surface area contributed by atoms with Gasteiger partial charge >= 0.3 is 0 Å². The number of furan rings is 1. The van der Waals surface area contributed by atoms with E-state index in [2.05, 4.69) is 77.3 Å². The Bertz CT molecular complexity index is 1630. The predicted octanol–water partition coefficient (Wildman–Crippen LogP) is 6.74. The van der Waals surface area contributed by atoms with Crippen molar-refractivity contribution >= 4 is 59.9 Å². The standard InChI is InChI=1S/C24H13NO/c1-2-6-16-14(5-1)9-10-19-21(16)22-23-15(11-12-25(19)23)13-18-17-7-3-4-8-20(17)26-24(18)22/h1-13H. The number of nitrogens with zero attached hydrogens (tertiary/aromatic N) is 1. The van der Waals surface area contributed by atoms with Crippen molar-refractivity contribution in [2.75, 3.05) is 0 Å². The minimum absolute atomic E-state index is 0.951. The average molecular weight is 331 g/mol.